The molecule has 2 aliphatic rings. The van der Waals surface area contributed by atoms with Crippen molar-refractivity contribution in [1.82, 2.24) is 10.2 Å². The van der Waals surface area contributed by atoms with Crippen molar-refractivity contribution in [2.24, 2.45) is 0 Å². The molecule has 2 aliphatic heterocycles. The predicted molar refractivity (Wildman–Crippen MR) is 90.5 cm³/mol. The van der Waals surface area contributed by atoms with E-state index in [1.54, 1.807) is 4.90 Å². The van der Waals surface area contributed by atoms with Gasteiger partial charge in [-0.25, -0.2) is 4.79 Å². The minimum absolute atomic E-state index is 0.111. The summed E-state index contributed by atoms with van der Waals surface area (Å²) in [7, 11) is 0. The Morgan fingerprint density at radius 3 is 2.78 bits per heavy atom. The second kappa shape index (κ2) is 5.70. The summed E-state index contributed by atoms with van der Waals surface area (Å²) in [6, 6.07) is 5.62. The molecule has 0 spiro atoms. The second-order valence-corrected chi connectivity index (χ2v) is 7.69. The van der Waals surface area contributed by atoms with E-state index in [1.165, 1.54) is 0 Å². The van der Waals surface area contributed by atoms with Gasteiger partial charge in [-0.05, 0) is 39.0 Å². The fourth-order valence-electron chi connectivity index (χ4n) is 2.85. The maximum atomic E-state index is 12.3. The van der Waals surface area contributed by atoms with Crippen molar-refractivity contribution >= 4 is 33.6 Å². The minimum atomic E-state index is -0.526. The Morgan fingerprint density at radius 2 is 2.09 bits per heavy atom. The van der Waals surface area contributed by atoms with Gasteiger partial charge in [-0.15, -0.1) is 0 Å². The van der Waals surface area contributed by atoms with E-state index in [0.29, 0.717) is 25.2 Å². The summed E-state index contributed by atoms with van der Waals surface area (Å²) >= 11 is 3.45. The molecule has 1 atom stereocenters. The number of ether oxygens (including phenoxy) is 1. The first kappa shape index (κ1) is 16.1. The topological polar surface area (TPSA) is 61.9 Å². The molecule has 3 rings (SSSR count). The first-order chi connectivity index (χ1) is 10.7. The minimum Gasteiger partial charge on any atom is -0.444 e. The van der Waals surface area contributed by atoms with Crippen LogP contribution in [0, 0.1) is 0 Å². The van der Waals surface area contributed by atoms with Crippen LogP contribution in [0.2, 0.25) is 0 Å². The van der Waals surface area contributed by atoms with Crippen LogP contribution >= 0.6 is 15.9 Å². The summed E-state index contributed by atoms with van der Waals surface area (Å²) < 4.78 is 6.35. The third kappa shape index (κ3) is 3.29. The van der Waals surface area contributed by atoms with Crippen molar-refractivity contribution in [1.29, 1.82) is 0 Å². The quantitative estimate of drug-likeness (QED) is 0.749. The number of anilines is 1. The standard InChI is InChI=1S/C16H20BrN3O3/c1-16(2,3)23-15(22)19-6-7-20-12-8-10(17)4-5-11(12)14(21)18-13(20)9-19/h4-5,8,13H,6-7,9H2,1-3H3,(H,18,21). The van der Waals surface area contributed by atoms with Crippen LogP contribution in [0.25, 0.3) is 0 Å². The number of benzene rings is 1. The number of piperazine rings is 1. The van der Waals surface area contributed by atoms with E-state index >= 15 is 0 Å². The monoisotopic (exact) mass is 381 g/mol. The Kier molecular flexibility index (Phi) is 4.00. The first-order valence-electron chi connectivity index (χ1n) is 7.59. The van der Waals surface area contributed by atoms with Gasteiger partial charge in [0.25, 0.3) is 5.91 Å². The zero-order chi connectivity index (χ0) is 16.8. The van der Waals surface area contributed by atoms with Crippen molar-refractivity contribution in [2.45, 2.75) is 32.5 Å². The molecule has 0 saturated carbocycles. The number of nitrogens with zero attached hydrogens (tertiary/aromatic N) is 2. The van der Waals surface area contributed by atoms with Crippen molar-refractivity contribution in [3.63, 3.8) is 0 Å². The lowest BCUT2D eigenvalue weighted by Crippen LogP contribution is -2.64. The van der Waals surface area contributed by atoms with Gasteiger partial charge < -0.3 is 19.9 Å². The van der Waals surface area contributed by atoms with Crippen LogP contribution in [0.5, 0.6) is 0 Å². The van der Waals surface area contributed by atoms with Gasteiger partial charge in [-0.2, -0.15) is 0 Å². The van der Waals surface area contributed by atoms with E-state index < -0.39 is 5.60 Å². The number of carbonyl (C=O) groups excluding carboxylic acids is 2. The zero-order valence-electron chi connectivity index (χ0n) is 13.4. The average Bonchev–Trinajstić information content (AvgIpc) is 2.44. The van der Waals surface area contributed by atoms with Crippen molar-refractivity contribution in [3.8, 4) is 0 Å². The lowest BCUT2D eigenvalue weighted by atomic mass is 10.1. The highest BCUT2D eigenvalue weighted by molar-refractivity contribution is 9.10. The molecule has 0 radical (unpaired) electrons. The lowest BCUT2D eigenvalue weighted by molar-refractivity contribution is 0.0200. The van der Waals surface area contributed by atoms with Gasteiger partial charge in [-0.3, -0.25) is 4.79 Å². The fraction of sp³-hybridized carbons (Fsp3) is 0.500. The molecule has 0 aliphatic carbocycles. The van der Waals surface area contributed by atoms with Crippen molar-refractivity contribution in [2.75, 3.05) is 24.5 Å². The van der Waals surface area contributed by atoms with Crippen LogP contribution in [0.4, 0.5) is 10.5 Å². The van der Waals surface area contributed by atoms with Gasteiger partial charge in [-0.1, -0.05) is 15.9 Å². The normalized spacial score (nSPS) is 20.5. The van der Waals surface area contributed by atoms with Crippen LogP contribution in [0.3, 0.4) is 0 Å². The maximum Gasteiger partial charge on any atom is 0.410 e. The summed E-state index contributed by atoms with van der Waals surface area (Å²) in [6.45, 7) is 7.15. The Bertz CT molecular complexity index is 656. The number of nitrogens with one attached hydrogen (secondary N) is 1. The average molecular weight is 382 g/mol. The van der Waals surface area contributed by atoms with Crippen LogP contribution < -0.4 is 10.2 Å². The number of hydrogen-bond donors (Lipinski definition) is 1. The molecule has 23 heavy (non-hydrogen) atoms. The highest BCUT2D eigenvalue weighted by Gasteiger charge is 2.37. The molecule has 1 unspecified atom stereocenters. The zero-order valence-corrected chi connectivity index (χ0v) is 15.0. The number of fused-ring (bicyclic) bond motifs is 3. The van der Waals surface area contributed by atoms with Gasteiger partial charge in [0.05, 0.1) is 17.8 Å². The lowest BCUT2D eigenvalue weighted by Gasteiger charge is -2.45. The van der Waals surface area contributed by atoms with E-state index in [-0.39, 0.29) is 18.2 Å². The largest absolute Gasteiger partial charge is 0.444 e. The number of carbonyl (C=O) groups is 2. The highest BCUT2D eigenvalue weighted by atomic mass is 79.9. The molecule has 1 saturated heterocycles. The molecule has 6 nitrogen and oxygen atoms in total. The molecule has 7 heteroatoms. The number of amides is 2. The Morgan fingerprint density at radius 1 is 1.35 bits per heavy atom. The smallest absolute Gasteiger partial charge is 0.410 e. The van der Waals surface area contributed by atoms with E-state index in [1.807, 2.05) is 39.0 Å². The van der Waals surface area contributed by atoms with Crippen LogP contribution in [-0.4, -0.2) is 48.3 Å². The first-order valence-corrected chi connectivity index (χ1v) is 8.39. The molecule has 1 aromatic rings. The summed E-state index contributed by atoms with van der Waals surface area (Å²) in [6.07, 6.45) is -0.572. The van der Waals surface area contributed by atoms with Gasteiger partial charge >= 0.3 is 6.09 Å². The summed E-state index contributed by atoms with van der Waals surface area (Å²) in [4.78, 5) is 28.3. The summed E-state index contributed by atoms with van der Waals surface area (Å²) in [5.74, 6) is -0.111. The maximum absolute atomic E-state index is 12.3. The molecular weight excluding hydrogens is 362 g/mol. The Labute approximate surface area is 143 Å². The van der Waals surface area contributed by atoms with Crippen molar-refractivity contribution < 1.29 is 14.3 Å². The van der Waals surface area contributed by atoms with Crippen LogP contribution in [0.1, 0.15) is 31.1 Å². The summed E-state index contributed by atoms with van der Waals surface area (Å²) in [5, 5.41) is 2.96. The molecule has 0 bridgehead atoms. The van der Waals surface area contributed by atoms with Gasteiger partial charge in [0.15, 0.2) is 0 Å². The fourth-order valence-corrected chi connectivity index (χ4v) is 3.20. The molecule has 124 valence electrons. The third-order valence-corrected chi connectivity index (χ3v) is 4.34. The number of rotatable bonds is 0. The SMILES string of the molecule is CC(C)(C)OC(=O)N1CCN2c3cc(Br)ccc3C(=O)NC2C1. The molecule has 0 aromatic heterocycles. The molecule has 1 aromatic carbocycles. The van der Waals surface area contributed by atoms with E-state index in [9.17, 15) is 9.59 Å². The number of hydrogen-bond acceptors (Lipinski definition) is 4. The molecule has 2 heterocycles. The summed E-state index contributed by atoms with van der Waals surface area (Å²) in [5.41, 5.74) is 1.04. The Balaban J connectivity index is 1.79. The van der Waals surface area contributed by atoms with Gasteiger partial charge in [0.1, 0.15) is 11.8 Å². The van der Waals surface area contributed by atoms with Crippen LogP contribution in [-0.2, 0) is 4.74 Å². The van der Waals surface area contributed by atoms with Gasteiger partial charge in [0, 0.05) is 17.6 Å². The van der Waals surface area contributed by atoms with Gasteiger partial charge in [0.2, 0.25) is 0 Å². The molecular formula is C16H20BrN3O3. The Hall–Kier alpha value is -1.76. The highest BCUT2D eigenvalue weighted by Crippen LogP contribution is 2.31. The number of halogens is 1. The third-order valence-electron chi connectivity index (χ3n) is 3.84. The van der Waals surface area contributed by atoms with Crippen LogP contribution in [0.15, 0.2) is 22.7 Å². The predicted octanol–water partition coefficient (Wildman–Crippen LogP) is 2.58. The second-order valence-electron chi connectivity index (χ2n) is 6.77. The van der Waals surface area contributed by atoms with E-state index in [2.05, 4.69) is 26.1 Å². The van der Waals surface area contributed by atoms with Crippen molar-refractivity contribution in [3.05, 3.63) is 28.2 Å². The molecule has 2 amide bonds. The van der Waals surface area contributed by atoms with E-state index in [0.717, 1.165) is 10.2 Å². The van der Waals surface area contributed by atoms with E-state index in [4.69, 9.17) is 4.74 Å². The molecule has 1 N–H and O–H groups in total. The molecule has 1 fully saturated rings.